The first kappa shape index (κ1) is 20.2. The van der Waals surface area contributed by atoms with E-state index >= 15 is 0 Å². The van der Waals surface area contributed by atoms with E-state index < -0.39 is 5.85 Å². The Morgan fingerprint density at radius 2 is 1.94 bits per heavy atom. The normalized spacial score (nSPS) is 24.3. The van der Waals surface area contributed by atoms with Crippen LogP contribution in [0.5, 0.6) is 11.5 Å². The number of phenols is 1. The molecule has 0 aromatic heterocycles. The van der Waals surface area contributed by atoms with Crippen molar-refractivity contribution in [3.63, 3.8) is 0 Å². The Morgan fingerprint density at radius 1 is 1.15 bits per heavy atom. The molecule has 1 fully saturated rings. The number of nitrogens with zero attached hydrogens (tertiary/aromatic N) is 2. The number of fused-ring (bicyclic) bond motifs is 4. The fourth-order valence-corrected chi connectivity index (χ4v) is 5.53. The predicted octanol–water partition coefficient (Wildman–Crippen LogP) is 5.74. The summed E-state index contributed by atoms with van der Waals surface area (Å²) in [5.74, 6) is -0.572. The van der Waals surface area contributed by atoms with Crippen LogP contribution in [0, 0.1) is 0 Å². The van der Waals surface area contributed by atoms with Crippen molar-refractivity contribution in [2.45, 2.75) is 18.3 Å². The van der Waals surface area contributed by atoms with Gasteiger partial charge >= 0.3 is 5.85 Å². The third-order valence-electron chi connectivity index (χ3n) is 5.96. The monoisotopic (exact) mass is 475 g/mol. The van der Waals surface area contributed by atoms with Crippen molar-refractivity contribution in [2.75, 3.05) is 0 Å². The molecule has 164 valence electrons. The minimum absolute atomic E-state index is 0.120. The van der Waals surface area contributed by atoms with E-state index in [1.54, 1.807) is 30.3 Å². The standard InChI is InChI=1S/C25H18ClN3O3S/c26-17-10-11-22-18(13-17)20-14-19(15-6-2-1-3-7-15)28-29(20)25(32-22)23(33-24(31)27-25)12-16-8-4-5-9-21(16)30/h1-13,20,30H,14H2,(H,27,31)/b23-12-. The Labute approximate surface area is 199 Å². The lowest BCUT2D eigenvalue weighted by Gasteiger charge is -2.45. The number of halogens is 1. The van der Waals surface area contributed by atoms with Crippen LogP contribution in [0.3, 0.4) is 0 Å². The Hall–Kier alpha value is -3.42. The molecule has 3 aliphatic heterocycles. The molecule has 8 heteroatoms. The summed E-state index contributed by atoms with van der Waals surface area (Å²) in [4.78, 5) is 13.3. The maximum atomic E-state index is 12.7. The second-order valence-electron chi connectivity index (χ2n) is 7.99. The molecule has 0 radical (unpaired) electrons. The van der Waals surface area contributed by atoms with Crippen molar-refractivity contribution < 1.29 is 14.6 Å². The first-order chi connectivity index (χ1) is 16.0. The summed E-state index contributed by atoms with van der Waals surface area (Å²) in [6, 6.07) is 22.2. The van der Waals surface area contributed by atoms with E-state index in [9.17, 15) is 9.90 Å². The number of carbonyl (C=O) groups is 1. The van der Waals surface area contributed by atoms with Crippen molar-refractivity contribution in [1.82, 2.24) is 10.3 Å². The molecule has 3 aromatic carbocycles. The largest absolute Gasteiger partial charge is 0.507 e. The van der Waals surface area contributed by atoms with Gasteiger partial charge in [-0.25, -0.2) is 5.01 Å². The van der Waals surface area contributed by atoms with Crippen LogP contribution in [0.2, 0.25) is 5.02 Å². The highest BCUT2D eigenvalue weighted by Crippen LogP contribution is 2.53. The van der Waals surface area contributed by atoms with Gasteiger partial charge in [0.2, 0.25) is 0 Å². The Morgan fingerprint density at radius 3 is 2.76 bits per heavy atom. The van der Waals surface area contributed by atoms with Gasteiger partial charge in [-0.2, -0.15) is 5.10 Å². The summed E-state index contributed by atoms with van der Waals surface area (Å²) in [6.45, 7) is 0. The van der Waals surface area contributed by atoms with Crippen molar-refractivity contribution in [3.05, 3.63) is 99.4 Å². The molecule has 0 bridgehead atoms. The van der Waals surface area contributed by atoms with E-state index in [4.69, 9.17) is 21.4 Å². The summed E-state index contributed by atoms with van der Waals surface area (Å²) in [5.41, 5.74) is 3.40. The molecule has 0 aliphatic carbocycles. The second kappa shape index (κ2) is 7.57. The molecule has 2 unspecified atom stereocenters. The Bertz CT molecular complexity index is 1340. The highest BCUT2D eigenvalue weighted by Gasteiger charge is 2.58. The third kappa shape index (κ3) is 3.27. The fourth-order valence-electron chi connectivity index (χ4n) is 4.45. The second-order valence-corrected chi connectivity index (χ2v) is 9.44. The SMILES string of the molecule is O=C1NC2(Oc3ccc(Cl)cc3C3CC(c4ccccc4)=NN32)/C(=C/c2ccccc2O)S1. The number of thioether (sulfide) groups is 1. The fraction of sp³-hybridized carbons (Fsp3) is 0.120. The van der Waals surface area contributed by atoms with Crippen LogP contribution in [0.15, 0.2) is 82.8 Å². The van der Waals surface area contributed by atoms with Crippen molar-refractivity contribution in [3.8, 4) is 11.5 Å². The van der Waals surface area contributed by atoms with E-state index in [1.807, 2.05) is 53.5 Å². The number of carbonyl (C=O) groups excluding carboxylic acids is 1. The van der Waals surface area contributed by atoms with Gasteiger partial charge in [-0.3, -0.25) is 10.1 Å². The molecule has 33 heavy (non-hydrogen) atoms. The number of ether oxygens (including phenoxy) is 1. The summed E-state index contributed by atoms with van der Waals surface area (Å²) in [6.07, 6.45) is 2.40. The van der Waals surface area contributed by atoms with Crippen LogP contribution >= 0.6 is 23.4 Å². The summed E-state index contributed by atoms with van der Waals surface area (Å²) in [7, 11) is 0. The van der Waals surface area contributed by atoms with Gasteiger partial charge in [-0.1, -0.05) is 60.1 Å². The van der Waals surface area contributed by atoms with E-state index in [0.29, 0.717) is 27.7 Å². The van der Waals surface area contributed by atoms with Crippen LogP contribution in [-0.4, -0.2) is 26.9 Å². The number of hydrogen-bond donors (Lipinski definition) is 2. The lowest BCUT2D eigenvalue weighted by molar-refractivity contribution is -0.0949. The van der Waals surface area contributed by atoms with E-state index in [1.165, 1.54) is 0 Å². The zero-order valence-corrected chi connectivity index (χ0v) is 18.8. The lowest BCUT2D eigenvalue weighted by atomic mass is 9.95. The maximum absolute atomic E-state index is 12.7. The summed E-state index contributed by atoms with van der Waals surface area (Å²) in [5, 5.41) is 20.4. The molecule has 3 aliphatic rings. The first-order valence-corrected chi connectivity index (χ1v) is 11.6. The predicted molar refractivity (Wildman–Crippen MR) is 129 cm³/mol. The number of para-hydroxylation sites is 1. The molecular weight excluding hydrogens is 458 g/mol. The van der Waals surface area contributed by atoms with Gasteiger partial charge in [0.05, 0.1) is 16.7 Å². The zero-order valence-electron chi connectivity index (χ0n) is 17.2. The van der Waals surface area contributed by atoms with Crippen LogP contribution in [-0.2, 0) is 0 Å². The highest BCUT2D eigenvalue weighted by molar-refractivity contribution is 8.17. The van der Waals surface area contributed by atoms with Gasteiger partial charge < -0.3 is 9.84 Å². The maximum Gasteiger partial charge on any atom is 0.314 e. The van der Waals surface area contributed by atoms with Crippen LogP contribution in [0.25, 0.3) is 6.08 Å². The molecule has 2 N–H and O–H groups in total. The number of benzene rings is 3. The quantitative estimate of drug-likeness (QED) is 0.494. The van der Waals surface area contributed by atoms with Gasteiger partial charge in [-0.05, 0) is 47.7 Å². The summed E-state index contributed by atoms with van der Waals surface area (Å²) >= 11 is 7.36. The molecule has 6 nitrogen and oxygen atoms in total. The van der Waals surface area contributed by atoms with E-state index in [-0.39, 0.29) is 17.0 Å². The molecule has 0 saturated carbocycles. The first-order valence-electron chi connectivity index (χ1n) is 10.4. The van der Waals surface area contributed by atoms with Crippen LogP contribution in [0.4, 0.5) is 4.79 Å². The molecule has 1 amide bonds. The van der Waals surface area contributed by atoms with Gasteiger partial charge in [0.1, 0.15) is 11.5 Å². The average molecular weight is 476 g/mol. The number of phenolic OH excluding ortho intramolecular Hbond substituents is 1. The van der Waals surface area contributed by atoms with Crippen molar-refractivity contribution in [1.29, 1.82) is 0 Å². The molecule has 6 rings (SSSR count). The zero-order chi connectivity index (χ0) is 22.6. The number of aromatic hydroxyl groups is 1. The van der Waals surface area contributed by atoms with Gasteiger partial charge in [0.15, 0.2) is 0 Å². The average Bonchev–Trinajstić information content (AvgIpc) is 3.40. The number of rotatable bonds is 2. The lowest BCUT2D eigenvalue weighted by Crippen LogP contribution is -2.61. The number of hydrazone groups is 1. The number of amides is 1. The van der Waals surface area contributed by atoms with Crippen molar-refractivity contribution >= 4 is 40.4 Å². The summed E-state index contributed by atoms with van der Waals surface area (Å²) < 4.78 is 6.49. The van der Waals surface area contributed by atoms with Crippen LogP contribution < -0.4 is 10.1 Å². The van der Waals surface area contributed by atoms with Gasteiger partial charge in [0.25, 0.3) is 5.24 Å². The molecule has 1 saturated heterocycles. The molecule has 3 heterocycles. The smallest absolute Gasteiger partial charge is 0.314 e. The molecule has 2 atom stereocenters. The molecule has 3 aromatic rings. The number of hydrogen-bond acceptors (Lipinski definition) is 6. The minimum Gasteiger partial charge on any atom is -0.507 e. The van der Waals surface area contributed by atoms with Crippen molar-refractivity contribution in [2.24, 2.45) is 5.10 Å². The molecular formula is C25H18ClN3O3S. The minimum atomic E-state index is -1.33. The van der Waals surface area contributed by atoms with Gasteiger partial charge in [0, 0.05) is 22.6 Å². The highest BCUT2D eigenvalue weighted by atomic mass is 35.5. The number of nitrogens with one attached hydrogen (secondary N) is 1. The van der Waals surface area contributed by atoms with E-state index in [2.05, 4.69) is 5.32 Å². The third-order valence-corrected chi connectivity index (χ3v) is 7.10. The Kier molecular flexibility index (Phi) is 4.64. The van der Waals surface area contributed by atoms with Crippen LogP contribution in [0.1, 0.15) is 29.2 Å². The Balaban J connectivity index is 1.54. The topological polar surface area (TPSA) is 74.2 Å². The molecule has 1 spiro atoms. The van der Waals surface area contributed by atoms with Gasteiger partial charge in [-0.15, -0.1) is 0 Å². The van der Waals surface area contributed by atoms with E-state index in [0.717, 1.165) is 28.6 Å².